The van der Waals surface area contributed by atoms with E-state index < -0.39 is 0 Å². The highest BCUT2D eigenvalue weighted by atomic mass is 16.5. The molecule has 1 rings (SSSR count). The predicted molar refractivity (Wildman–Crippen MR) is 59.9 cm³/mol. The lowest BCUT2D eigenvalue weighted by molar-refractivity contribution is 0.273. The summed E-state index contributed by atoms with van der Waals surface area (Å²) < 4.78 is 5.58. The molecular formula is C12H19NO2. The summed E-state index contributed by atoms with van der Waals surface area (Å²) in [6.45, 7) is 4.87. The molecule has 1 heterocycles. The quantitative estimate of drug-likeness (QED) is 0.731. The fourth-order valence-corrected chi connectivity index (χ4v) is 1.30. The topological polar surface area (TPSA) is 42.4 Å². The van der Waals surface area contributed by atoms with E-state index in [0.717, 1.165) is 37.3 Å². The normalized spacial score (nSPS) is 10.3. The van der Waals surface area contributed by atoms with Crippen molar-refractivity contribution in [1.29, 1.82) is 0 Å². The molecule has 0 aliphatic rings. The largest absolute Gasteiger partial charge is 0.493 e. The lowest BCUT2D eigenvalue weighted by atomic mass is 10.2. The lowest BCUT2D eigenvalue weighted by Crippen LogP contribution is -2.01. The predicted octanol–water partition coefficient (Wildman–Crippen LogP) is 2.32. The van der Waals surface area contributed by atoms with Gasteiger partial charge in [-0.05, 0) is 12.8 Å². The molecule has 0 aliphatic carbocycles. The summed E-state index contributed by atoms with van der Waals surface area (Å²) in [5.74, 6) is 0.819. The molecule has 3 nitrogen and oxygen atoms in total. The van der Waals surface area contributed by atoms with Crippen molar-refractivity contribution < 1.29 is 9.84 Å². The second-order valence-electron chi connectivity index (χ2n) is 3.50. The number of unbranched alkanes of at least 4 members (excludes halogenated alkanes) is 1. The third kappa shape index (κ3) is 3.88. The van der Waals surface area contributed by atoms with E-state index in [9.17, 15) is 0 Å². The number of hydrogen-bond donors (Lipinski definition) is 1. The molecule has 1 aromatic heterocycles. The van der Waals surface area contributed by atoms with Crippen LogP contribution in [0.4, 0.5) is 0 Å². The van der Waals surface area contributed by atoms with Crippen LogP contribution in [-0.2, 0) is 13.0 Å². The average Bonchev–Trinajstić information content (AvgIpc) is 2.29. The van der Waals surface area contributed by atoms with E-state index in [4.69, 9.17) is 9.84 Å². The number of rotatable bonds is 6. The number of aryl methyl sites for hydroxylation is 1. The van der Waals surface area contributed by atoms with Crippen molar-refractivity contribution in [2.75, 3.05) is 6.61 Å². The van der Waals surface area contributed by atoms with Gasteiger partial charge >= 0.3 is 0 Å². The number of ether oxygens (including phenoxy) is 1. The Kier molecular flexibility index (Phi) is 5.12. The molecule has 15 heavy (non-hydrogen) atoms. The van der Waals surface area contributed by atoms with Crippen LogP contribution in [0.1, 0.15) is 38.1 Å². The number of aromatic nitrogens is 1. The first-order valence-corrected chi connectivity index (χ1v) is 5.53. The third-order valence-electron chi connectivity index (χ3n) is 2.20. The number of hydrogen-bond acceptors (Lipinski definition) is 3. The van der Waals surface area contributed by atoms with Crippen LogP contribution in [0.25, 0.3) is 0 Å². The van der Waals surface area contributed by atoms with E-state index in [1.165, 1.54) is 0 Å². The molecule has 1 N–H and O–H groups in total. The minimum absolute atomic E-state index is 0.0298. The second kappa shape index (κ2) is 6.40. The zero-order valence-electron chi connectivity index (χ0n) is 9.49. The minimum atomic E-state index is -0.0298. The van der Waals surface area contributed by atoms with Crippen LogP contribution in [-0.4, -0.2) is 16.7 Å². The van der Waals surface area contributed by atoms with Crippen molar-refractivity contribution in [3.63, 3.8) is 0 Å². The van der Waals surface area contributed by atoms with E-state index in [-0.39, 0.29) is 6.61 Å². The van der Waals surface area contributed by atoms with Crippen LogP contribution in [0, 0.1) is 0 Å². The highest BCUT2D eigenvalue weighted by Gasteiger charge is 2.01. The monoisotopic (exact) mass is 209 g/mol. The van der Waals surface area contributed by atoms with Gasteiger partial charge in [0.25, 0.3) is 0 Å². The van der Waals surface area contributed by atoms with Crippen LogP contribution in [0.15, 0.2) is 12.1 Å². The summed E-state index contributed by atoms with van der Waals surface area (Å²) >= 11 is 0. The van der Waals surface area contributed by atoms with E-state index in [2.05, 4.69) is 11.9 Å². The first-order valence-electron chi connectivity index (χ1n) is 5.53. The van der Waals surface area contributed by atoms with Crippen LogP contribution < -0.4 is 4.74 Å². The molecule has 0 bridgehead atoms. The third-order valence-corrected chi connectivity index (χ3v) is 2.20. The van der Waals surface area contributed by atoms with Gasteiger partial charge in [0, 0.05) is 17.8 Å². The van der Waals surface area contributed by atoms with Crippen molar-refractivity contribution in [2.45, 2.75) is 39.7 Å². The van der Waals surface area contributed by atoms with Crippen molar-refractivity contribution in [3.05, 3.63) is 23.5 Å². The minimum Gasteiger partial charge on any atom is -0.493 e. The molecule has 0 unspecified atom stereocenters. The fourth-order valence-electron chi connectivity index (χ4n) is 1.30. The van der Waals surface area contributed by atoms with Crippen molar-refractivity contribution >= 4 is 0 Å². The van der Waals surface area contributed by atoms with Crippen molar-refractivity contribution in [1.82, 2.24) is 4.98 Å². The maximum absolute atomic E-state index is 9.04. The molecule has 0 fully saturated rings. The Morgan fingerprint density at radius 3 is 2.60 bits per heavy atom. The van der Waals surface area contributed by atoms with Crippen LogP contribution in [0.2, 0.25) is 0 Å². The van der Waals surface area contributed by atoms with Gasteiger partial charge in [-0.2, -0.15) is 0 Å². The van der Waals surface area contributed by atoms with E-state index in [1.54, 1.807) is 6.07 Å². The maximum atomic E-state index is 9.04. The number of nitrogens with zero attached hydrogens (tertiary/aromatic N) is 1. The molecular weight excluding hydrogens is 190 g/mol. The summed E-state index contributed by atoms with van der Waals surface area (Å²) in [5.41, 5.74) is 1.65. The standard InChI is InChI=1S/C12H19NO2/c1-3-5-6-15-12-7-10(4-2)13-11(8-12)9-14/h7-8,14H,3-6,9H2,1-2H3. The first-order chi connectivity index (χ1) is 7.30. The summed E-state index contributed by atoms with van der Waals surface area (Å²) in [4.78, 5) is 4.27. The van der Waals surface area contributed by atoms with Gasteiger partial charge in [0.1, 0.15) is 5.75 Å². The van der Waals surface area contributed by atoms with E-state index in [0.29, 0.717) is 5.69 Å². The maximum Gasteiger partial charge on any atom is 0.123 e. The van der Waals surface area contributed by atoms with Crippen LogP contribution in [0.5, 0.6) is 5.75 Å². The van der Waals surface area contributed by atoms with Crippen molar-refractivity contribution in [3.8, 4) is 5.75 Å². The molecule has 0 radical (unpaired) electrons. The van der Waals surface area contributed by atoms with E-state index in [1.807, 2.05) is 13.0 Å². The first kappa shape index (κ1) is 12.0. The summed E-state index contributed by atoms with van der Waals surface area (Å²) in [7, 11) is 0. The molecule has 0 saturated heterocycles. The molecule has 1 aromatic rings. The van der Waals surface area contributed by atoms with Crippen LogP contribution in [0.3, 0.4) is 0 Å². The SMILES string of the molecule is CCCCOc1cc(CC)nc(CO)c1. The zero-order chi connectivity index (χ0) is 11.1. The van der Waals surface area contributed by atoms with Gasteiger partial charge in [0.15, 0.2) is 0 Å². The molecule has 0 spiro atoms. The van der Waals surface area contributed by atoms with Gasteiger partial charge in [-0.3, -0.25) is 4.98 Å². The summed E-state index contributed by atoms with van der Waals surface area (Å²) in [6, 6.07) is 3.74. The Hall–Kier alpha value is -1.09. The van der Waals surface area contributed by atoms with Gasteiger partial charge < -0.3 is 9.84 Å². The number of aliphatic hydroxyl groups is 1. The molecule has 0 aliphatic heterocycles. The van der Waals surface area contributed by atoms with Crippen molar-refractivity contribution in [2.24, 2.45) is 0 Å². The number of aliphatic hydroxyl groups excluding tert-OH is 1. The molecule has 0 atom stereocenters. The lowest BCUT2D eigenvalue weighted by Gasteiger charge is -2.08. The Balaban J connectivity index is 2.68. The average molecular weight is 209 g/mol. The van der Waals surface area contributed by atoms with Gasteiger partial charge in [0.2, 0.25) is 0 Å². The Labute approximate surface area is 91.1 Å². The summed E-state index contributed by atoms with van der Waals surface area (Å²) in [5, 5.41) is 9.04. The zero-order valence-corrected chi connectivity index (χ0v) is 9.49. The van der Waals surface area contributed by atoms with Gasteiger partial charge in [-0.25, -0.2) is 0 Å². The Morgan fingerprint density at radius 2 is 2.00 bits per heavy atom. The van der Waals surface area contributed by atoms with Gasteiger partial charge in [0.05, 0.1) is 18.9 Å². The smallest absolute Gasteiger partial charge is 0.123 e. The molecule has 0 aromatic carbocycles. The van der Waals surface area contributed by atoms with Gasteiger partial charge in [-0.1, -0.05) is 20.3 Å². The second-order valence-corrected chi connectivity index (χ2v) is 3.50. The Morgan fingerprint density at radius 1 is 1.27 bits per heavy atom. The molecule has 84 valence electrons. The Bertz CT molecular complexity index is 277. The van der Waals surface area contributed by atoms with Gasteiger partial charge in [-0.15, -0.1) is 0 Å². The van der Waals surface area contributed by atoms with Crippen LogP contribution >= 0.6 is 0 Å². The summed E-state index contributed by atoms with van der Waals surface area (Å²) in [6.07, 6.45) is 3.04. The van der Waals surface area contributed by atoms with E-state index >= 15 is 0 Å². The highest BCUT2D eigenvalue weighted by Crippen LogP contribution is 2.15. The molecule has 0 saturated carbocycles. The number of pyridine rings is 1. The molecule has 3 heteroatoms. The highest BCUT2D eigenvalue weighted by molar-refractivity contribution is 5.27. The fraction of sp³-hybridized carbons (Fsp3) is 0.583. The molecule has 0 amide bonds.